The number of benzene rings is 1. The summed E-state index contributed by atoms with van der Waals surface area (Å²) in [5.74, 6) is 0.619. The molecule has 1 amide bonds. The summed E-state index contributed by atoms with van der Waals surface area (Å²) >= 11 is 6.00. The van der Waals surface area contributed by atoms with Crippen LogP contribution in [0.1, 0.15) is 46.0 Å². The molecule has 1 aliphatic rings. The van der Waals surface area contributed by atoms with Gasteiger partial charge in [0.15, 0.2) is 0 Å². The van der Waals surface area contributed by atoms with E-state index in [9.17, 15) is 4.79 Å². The smallest absolute Gasteiger partial charge is 0.225 e. The van der Waals surface area contributed by atoms with Crippen molar-refractivity contribution in [3.63, 3.8) is 0 Å². The Hall–Kier alpha value is -1.26. The summed E-state index contributed by atoms with van der Waals surface area (Å²) < 4.78 is 5.26. The van der Waals surface area contributed by atoms with Gasteiger partial charge in [-0.15, -0.1) is 0 Å². The molecule has 4 nitrogen and oxygen atoms in total. The molecule has 0 spiro atoms. The van der Waals surface area contributed by atoms with Crippen molar-refractivity contribution in [1.29, 1.82) is 0 Å². The molecule has 1 fully saturated rings. The molecule has 0 aliphatic heterocycles. The predicted octanol–water partition coefficient (Wildman–Crippen LogP) is 4.33. The molecule has 1 N–H and O–H groups in total. The minimum atomic E-state index is -0.00536. The van der Waals surface area contributed by atoms with Gasteiger partial charge in [-0.05, 0) is 44.9 Å². The van der Waals surface area contributed by atoms with Crippen LogP contribution in [0.4, 0.5) is 5.69 Å². The molecular weight excluding hydrogens is 312 g/mol. The fourth-order valence-corrected chi connectivity index (χ4v) is 3.49. The summed E-state index contributed by atoms with van der Waals surface area (Å²) in [4.78, 5) is 14.8. The number of nitrogens with one attached hydrogen (secondary N) is 1. The van der Waals surface area contributed by atoms with Crippen molar-refractivity contribution >= 4 is 23.2 Å². The van der Waals surface area contributed by atoms with Gasteiger partial charge < -0.3 is 10.1 Å². The van der Waals surface area contributed by atoms with Gasteiger partial charge >= 0.3 is 0 Å². The normalized spacial score (nSPS) is 15.4. The van der Waals surface area contributed by atoms with E-state index in [0.29, 0.717) is 35.0 Å². The zero-order chi connectivity index (χ0) is 16.8. The zero-order valence-corrected chi connectivity index (χ0v) is 15.0. The number of nitrogens with zero attached hydrogens (tertiary/aromatic N) is 1. The van der Waals surface area contributed by atoms with Crippen LogP contribution in [0.2, 0.25) is 5.02 Å². The fourth-order valence-electron chi connectivity index (χ4n) is 3.32. The minimum Gasteiger partial charge on any atom is -0.495 e. The number of halogens is 1. The third-order valence-electron chi connectivity index (χ3n) is 4.49. The Morgan fingerprint density at radius 3 is 2.70 bits per heavy atom. The molecule has 1 aromatic rings. The average molecular weight is 339 g/mol. The van der Waals surface area contributed by atoms with Crippen molar-refractivity contribution in [3.05, 3.63) is 23.2 Å². The Labute approximate surface area is 144 Å². The monoisotopic (exact) mass is 338 g/mol. The third kappa shape index (κ3) is 5.11. The van der Waals surface area contributed by atoms with Crippen molar-refractivity contribution in [2.45, 2.75) is 58.0 Å². The zero-order valence-electron chi connectivity index (χ0n) is 14.3. The Morgan fingerprint density at radius 2 is 2.09 bits per heavy atom. The van der Waals surface area contributed by atoms with Gasteiger partial charge in [0.2, 0.25) is 5.91 Å². The van der Waals surface area contributed by atoms with Crippen LogP contribution in [0.3, 0.4) is 0 Å². The van der Waals surface area contributed by atoms with Crippen LogP contribution in [-0.2, 0) is 4.79 Å². The van der Waals surface area contributed by atoms with Gasteiger partial charge in [0.25, 0.3) is 0 Å². The molecular formula is C18H27ClN2O2. The lowest BCUT2D eigenvalue weighted by molar-refractivity contribution is -0.116. The van der Waals surface area contributed by atoms with Crippen molar-refractivity contribution in [1.82, 2.24) is 4.90 Å². The van der Waals surface area contributed by atoms with Crippen LogP contribution in [-0.4, -0.2) is 36.5 Å². The Balaban J connectivity index is 1.92. The van der Waals surface area contributed by atoms with Crippen molar-refractivity contribution in [3.8, 4) is 5.75 Å². The second-order valence-corrected chi connectivity index (χ2v) is 6.85. The number of ether oxygens (including phenoxy) is 1. The molecule has 5 heteroatoms. The van der Waals surface area contributed by atoms with E-state index in [4.69, 9.17) is 16.3 Å². The second kappa shape index (κ2) is 8.55. The molecule has 1 aromatic carbocycles. The lowest BCUT2D eigenvalue weighted by atomic mass is 10.1. The summed E-state index contributed by atoms with van der Waals surface area (Å²) in [6, 6.07) is 6.32. The molecule has 0 atom stereocenters. The number of rotatable bonds is 7. The van der Waals surface area contributed by atoms with Gasteiger partial charge in [-0.25, -0.2) is 0 Å². The minimum absolute atomic E-state index is 0.00536. The van der Waals surface area contributed by atoms with Gasteiger partial charge in [0.05, 0.1) is 12.8 Å². The highest BCUT2D eigenvalue weighted by Crippen LogP contribution is 2.28. The Morgan fingerprint density at radius 1 is 1.39 bits per heavy atom. The van der Waals surface area contributed by atoms with Crippen molar-refractivity contribution in [2.24, 2.45) is 0 Å². The number of hydrogen-bond acceptors (Lipinski definition) is 3. The lowest BCUT2D eigenvalue weighted by Crippen LogP contribution is -2.40. The highest BCUT2D eigenvalue weighted by molar-refractivity contribution is 6.31. The molecule has 0 unspecified atom stereocenters. The van der Waals surface area contributed by atoms with Crippen LogP contribution in [0.15, 0.2) is 18.2 Å². The number of carbonyl (C=O) groups excluding carboxylic acids is 1. The second-order valence-electron chi connectivity index (χ2n) is 6.41. The van der Waals surface area contributed by atoms with Crippen LogP contribution in [0.25, 0.3) is 0 Å². The molecule has 1 saturated carbocycles. The molecule has 23 heavy (non-hydrogen) atoms. The average Bonchev–Trinajstić information content (AvgIpc) is 3.01. The first kappa shape index (κ1) is 18.1. The molecule has 0 bridgehead atoms. The first-order valence-corrected chi connectivity index (χ1v) is 8.78. The van der Waals surface area contributed by atoms with Crippen molar-refractivity contribution in [2.75, 3.05) is 19.0 Å². The Bertz CT molecular complexity index is 528. The van der Waals surface area contributed by atoms with Crippen LogP contribution in [0.5, 0.6) is 5.75 Å². The Kier molecular flexibility index (Phi) is 6.72. The van der Waals surface area contributed by atoms with Gasteiger partial charge in [-0.3, -0.25) is 9.69 Å². The van der Waals surface area contributed by atoms with Gasteiger partial charge in [-0.1, -0.05) is 24.4 Å². The van der Waals surface area contributed by atoms with E-state index in [1.54, 1.807) is 25.3 Å². The van der Waals surface area contributed by atoms with Gasteiger partial charge in [-0.2, -0.15) is 0 Å². The number of methoxy groups -OCH3 is 1. The molecule has 1 aliphatic carbocycles. The quantitative estimate of drug-likeness (QED) is 0.804. The summed E-state index contributed by atoms with van der Waals surface area (Å²) in [5.41, 5.74) is 0.627. The van der Waals surface area contributed by atoms with Crippen LogP contribution < -0.4 is 10.1 Å². The number of carbonyl (C=O) groups is 1. The highest BCUT2D eigenvalue weighted by atomic mass is 35.5. The van der Waals surface area contributed by atoms with E-state index in [1.165, 1.54) is 25.7 Å². The summed E-state index contributed by atoms with van der Waals surface area (Å²) in [5, 5.41) is 3.49. The maximum Gasteiger partial charge on any atom is 0.225 e. The standard InChI is InChI=1S/C18H27ClN2O2/c1-13(2)21(15-6-4-5-7-15)11-10-18(22)20-16-12-14(19)8-9-17(16)23-3/h8-9,12-13,15H,4-7,10-11H2,1-3H3,(H,20,22). The molecule has 0 radical (unpaired) electrons. The summed E-state index contributed by atoms with van der Waals surface area (Å²) in [7, 11) is 1.58. The van der Waals surface area contributed by atoms with Crippen LogP contribution in [0, 0.1) is 0 Å². The molecule has 128 valence electrons. The maximum atomic E-state index is 12.3. The third-order valence-corrected chi connectivity index (χ3v) is 4.72. The first-order chi connectivity index (χ1) is 11.0. The van der Waals surface area contributed by atoms with E-state index in [0.717, 1.165) is 6.54 Å². The van der Waals surface area contributed by atoms with E-state index < -0.39 is 0 Å². The topological polar surface area (TPSA) is 41.6 Å². The summed E-state index contributed by atoms with van der Waals surface area (Å²) in [6.07, 6.45) is 5.59. The van der Waals surface area contributed by atoms with E-state index >= 15 is 0 Å². The maximum absolute atomic E-state index is 12.3. The van der Waals surface area contributed by atoms with E-state index in [2.05, 4.69) is 24.1 Å². The highest BCUT2D eigenvalue weighted by Gasteiger charge is 2.24. The van der Waals surface area contributed by atoms with Crippen molar-refractivity contribution < 1.29 is 9.53 Å². The van der Waals surface area contributed by atoms with Gasteiger partial charge in [0.1, 0.15) is 5.75 Å². The molecule has 0 aromatic heterocycles. The number of anilines is 1. The largest absolute Gasteiger partial charge is 0.495 e. The summed E-state index contributed by atoms with van der Waals surface area (Å²) in [6.45, 7) is 5.20. The van der Waals surface area contributed by atoms with E-state index in [1.807, 2.05) is 0 Å². The molecule has 0 saturated heterocycles. The lowest BCUT2D eigenvalue weighted by Gasteiger charge is -2.32. The molecule has 0 heterocycles. The predicted molar refractivity (Wildman–Crippen MR) is 95.3 cm³/mol. The first-order valence-electron chi connectivity index (χ1n) is 8.40. The SMILES string of the molecule is COc1ccc(Cl)cc1NC(=O)CCN(C(C)C)C1CCCC1. The van der Waals surface area contributed by atoms with E-state index in [-0.39, 0.29) is 5.91 Å². The fraction of sp³-hybridized carbons (Fsp3) is 0.611. The molecule has 2 rings (SSSR count). The van der Waals surface area contributed by atoms with Gasteiger partial charge in [0, 0.05) is 30.1 Å². The number of hydrogen-bond donors (Lipinski definition) is 1. The van der Waals surface area contributed by atoms with Crippen LogP contribution >= 0.6 is 11.6 Å². The number of amides is 1.